The van der Waals surface area contributed by atoms with Gasteiger partial charge in [0.25, 0.3) is 5.91 Å². The molecule has 1 saturated carbocycles. The van der Waals surface area contributed by atoms with Gasteiger partial charge in [0.15, 0.2) is 0 Å². The van der Waals surface area contributed by atoms with Crippen LogP contribution in [0.3, 0.4) is 0 Å². The van der Waals surface area contributed by atoms with Gasteiger partial charge in [-0.2, -0.15) is 0 Å². The van der Waals surface area contributed by atoms with Crippen LogP contribution in [0.25, 0.3) is 11.1 Å². The minimum absolute atomic E-state index is 0.155. The van der Waals surface area contributed by atoms with E-state index in [4.69, 9.17) is 14.6 Å². The number of methoxy groups -OCH3 is 1. The maximum absolute atomic E-state index is 13.5. The lowest BCUT2D eigenvalue weighted by Crippen LogP contribution is -2.42. The van der Waals surface area contributed by atoms with Crippen LogP contribution in [-0.2, 0) is 30.7 Å². The van der Waals surface area contributed by atoms with Crippen LogP contribution in [-0.4, -0.2) is 99.1 Å². The van der Waals surface area contributed by atoms with E-state index in [1.54, 1.807) is 20.1 Å². The summed E-state index contributed by atoms with van der Waals surface area (Å²) in [5.74, 6) is -1.51. The van der Waals surface area contributed by atoms with E-state index < -0.39 is 27.8 Å². The number of carboxylic acid groups (broad SMARTS) is 1. The van der Waals surface area contributed by atoms with Crippen molar-refractivity contribution in [2.45, 2.75) is 143 Å². The Kier molecular flexibility index (Phi) is 26.0. The molecule has 1 aliphatic carbocycles. The summed E-state index contributed by atoms with van der Waals surface area (Å²) < 4.78 is 35.2. The molecule has 0 aromatic heterocycles. The summed E-state index contributed by atoms with van der Waals surface area (Å²) in [6.45, 7) is 15.3. The topological polar surface area (TPSA) is 142 Å². The highest BCUT2D eigenvalue weighted by molar-refractivity contribution is 7.90. The Morgan fingerprint density at radius 3 is 2.15 bits per heavy atom. The first kappa shape index (κ1) is 50.2. The summed E-state index contributed by atoms with van der Waals surface area (Å²) in [6.07, 6.45) is 15.3. The lowest BCUT2D eigenvalue weighted by Gasteiger charge is -2.25. The Labute approximate surface area is 333 Å². The van der Waals surface area contributed by atoms with Crippen molar-refractivity contribution in [3.05, 3.63) is 59.2 Å². The number of sulfone groups is 1. The third kappa shape index (κ3) is 19.7. The molecule has 4 rings (SSSR count). The van der Waals surface area contributed by atoms with E-state index in [1.165, 1.54) is 64.2 Å². The van der Waals surface area contributed by atoms with Crippen molar-refractivity contribution in [3.63, 3.8) is 0 Å². The minimum Gasteiger partial charge on any atom is -0.480 e. The van der Waals surface area contributed by atoms with E-state index >= 15 is 0 Å². The highest BCUT2D eigenvalue weighted by Gasteiger charge is 2.33. The number of aliphatic carboxylic acids is 1. The zero-order valence-electron chi connectivity index (χ0n) is 35.3. The molecule has 2 fully saturated rings. The molecule has 2 unspecified atom stereocenters. The lowest BCUT2D eigenvalue weighted by molar-refractivity contribution is -0.139. The fraction of sp³-hybridized carbons (Fsp3) is 0.682. The molecular formula is C44H74N2O8S. The molecule has 1 saturated heterocycles. The summed E-state index contributed by atoms with van der Waals surface area (Å²) in [6, 6.07) is 12.3. The number of aryl methyl sites for hydroxylation is 1. The van der Waals surface area contributed by atoms with Gasteiger partial charge in [0.05, 0.1) is 18.5 Å². The number of amides is 1. The van der Waals surface area contributed by atoms with Crippen LogP contribution in [0.2, 0.25) is 0 Å². The Balaban J connectivity index is 0.00000110. The number of likely N-dealkylation sites (tertiary alicyclic amines) is 1. The number of hydrogen-bond donors (Lipinski definition) is 3. The van der Waals surface area contributed by atoms with Crippen LogP contribution in [0.5, 0.6) is 0 Å². The SMILES string of the molecule is CC.CCCCCCC.CCO.COCC1C[C@H](OCC2CCCCC2)CN1Cc1ccc(C(=O)NC(CCS(C)(=O)=O)C(=O)O)c(-c2ccccc2C)c1. The number of carboxylic acids is 1. The molecule has 2 aliphatic rings. The predicted octanol–water partition coefficient (Wildman–Crippen LogP) is 8.47. The van der Waals surface area contributed by atoms with Crippen molar-refractivity contribution >= 4 is 21.7 Å². The normalized spacial score (nSPS) is 17.8. The Bertz CT molecular complexity index is 1460. The van der Waals surface area contributed by atoms with Crippen LogP contribution in [0, 0.1) is 12.8 Å². The molecule has 2 aromatic rings. The van der Waals surface area contributed by atoms with Crippen molar-refractivity contribution < 1.29 is 37.7 Å². The van der Waals surface area contributed by atoms with E-state index in [1.807, 2.05) is 57.2 Å². The predicted molar refractivity (Wildman–Crippen MR) is 225 cm³/mol. The second-order valence-electron chi connectivity index (χ2n) is 14.6. The van der Waals surface area contributed by atoms with Gasteiger partial charge in [0, 0.05) is 51.3 Å². The van der Waals surface area contributed by atoms with Crippen LogP contribution in [0.4, 0.5) is 0 Å². The fourth-order valence-electron chi connectivity index (χ4n) is 6.97. The number of aliphatic hydroxyl groups excluding tert-OH is 1. The zero-order valence-corrected chi connectivity index (χ0v) is 36.1. The number of nitrogens with one attached hydrogen (secondary N) is 1. The molecule has 3 N–H and O–H groups in total. The molecule has 0 spiro atoms. The third-order valence-electron chi connectivity index (χ3n) is 9.88. The average Bonchev–Trinajstić information content (AvgIpc) is 3.54. The molecule has 1 aliphatic heterocycles. The lowest BCUT2D eigenvalue weighted by atomic mass is 9.90. The quantitative estimate of drug-likeness (QED) is 0.127. The molecule has 10 nitrogen and oxygen atoms in total. The van der Waals surface area contributed by atoms with Crippen LogP contribution >= 0.6 is 0 Å². The second-order valence-corrected chi connectivity index (χ2v) is 16.8. The minimum atomic E-state index is -3.39. The van der Waals surface area contributed by atoms with Crippen molar-refractivity contribution in [3.8, 4) is 11.1 Å². The van der Waals surface area contributed by atoms with E-state index in [2.05, 4.69) is 24.1 Å². The summed E-state index contributed by atoms with van der Waals surface area (Å²) >= 11 is 0. The van der Waals surface area contributed by atoms with Crippen molar-refractivity contribution in [2.24, 2.45) is 5.92 Å². The van der Waals surface area contributed by atoms with Gasteiger partial charge in [-0.1, -0.05) is 109 Å². The van der Waals surface area contributed by atoms with Gasteiger partial charge in [-0.15, -0.1) is 0 Å². The van der Waals surface area contributed by atoms with Gasteiger partial charge < -0.3 is 25.0 Å². The molecule has 0 radical (unpaired) electrons. The number of ether oxygens (including phenoxy) is 2. The molecule has 11 heteroatoms. The summed E-state index contributed by atoms with van der Waals surface area (Å²) in [4.78, 5) is 27.7. The largest absolute Gasteiger partial charge is 0.480 e. The van der Waals surface area contributed by atoms with Gasteiger partial charge in [0.2, 0.25) is 0 Å². The first-order valence-electron chi connectivity index (χ1n) is 20.7. The second kappa shape index (κ2) is 28.5. The van der Waals surface area contributed by atoms with Gasteiger partial charge in [0.1, 0.15) is 15.9 Å². The van der Waals surface area contributed by atoms with E-state index in [-0.39, 0.29) is 30.9 Å². The number of rotatable bonds is 18. The summed E-state index contributed by atoms with van der Waals surface area (Å²) in [7, 11) is -1.67. The molecule has 1 amide bonds. The smallest absolute Gasteiger partial charge is 0.326 e. The van der Waals surface area contributed by atoms with Gasteiger partial charge in [-0.3, -0.25) is 9.69 Å². The Morgan fingerprint density at radius 1 is 0.945 bits per heavy atom. The highest BCUT2D eigenvalue weighted by atomic mass is 32.2. The molecule has 2 aromatic carbocycles. The maximum atomic E-state index is 13.5. The van der Waals surface area contributed by atoms with Crippen molar-refractivity contribution in [1.29, 1.82) is 0 Å². The van der Waals surface area contributed by atoms with Crippen LogP contribution < -0.4 is 5.32 Å². The van der Waals surface area contributed by atoms with E-state index in [0.29, 0.717) is 30.2 Å². The number of hydrogen-bond acceptors (Lipinski definition) is 8. The summed E-state index contributed by atoms with van der Waals surface area (Å²) in [5, 5.41) is 19.8. The highest BCUT2D eigenvalue weighted by Crippen LogP contribution is 2.31. The molecule has 0 bridgehead atoms. The van der Waals surface area contributed by atoms with E-state index in [0.717, 1.165) is 42.5 Å². The molecule has 3 atom stereocenters. The average molecular weight is 791 g/mol. The van der Waals surface area contributed by atoms with Crippen LogP contribution in [0.1, 0.15) is 133 Å². The van der Waals surface area contributed by atoms with Gasteiger partial charge >= 0.3 is 5.97 Å². The van der Waals surface area contributed by atoms with Gasteiger partial charge in [-0.25, -0.2) is 13.2 Å². The number of benzene rings is 2. The fourth-order valence-corrected chi connectivity index (χ4v) is 7.63. The molecule has 1 heterocycles. The molecular weight excluding hydrogens is 717 g/mol. The first-order chi connectivity index (χ1) is 26.4. The number of nitrogens with zero attached hydrogens (tertiary/aromatic N) is 1. The summed E-state index contributed by atoms with van der Waals surface area (Å²) in [5.41, 5.74) is 3.92. The third-order valence-corrected chi connectivity index (χ3v) is 10.9. The monoisotopic (exact) mass is 791 g/mol. The van der Waals surface area contributed by atoms with Crippen molar-refractivity contribution in [1.82, 2.24) is 10.2 Å². The van der Waals surface area contributed by atoms with E-state index in [9.17, 15) is 23.1 Å². The number of aliphatic hydroxyl groups is 1. The Hall–Kier alpha value is -2.83. The number of carbonyl (C=O) groups is 2. The molecule has 55 heavy (non-hydrogen) atoms. The Morgan fingerprint density at radius 2 is 1.58 bits per heavy atom. The first-order valence-corrected chi connectivity index (χ1v) is 22.8. The molecule has 314 valence electrons. The van der Waals surface area contributed by atoms with Gasteiger partial charge in [-0.05, 0) is 79.8 Å². The maximum Gasteiger partial charge on any atom is 0.326 e. The zero-order chi connectivity index (χ0) is 41.2. The number of unbranched alkanes of at least 4 members (excludes halogenated alkanes) is 4. The van der Waals surface area contributed by atoms with Crippen molar-refractivity contribution in [2.75, 3.05) is 45.5 Å². The standard InChI is InChI=1S/C33H46N2O7S.C7H16.C2H6O.C2H6/c1-23-9-7-8-12-28(23)30-17-25(13-14-29(30)32(36)34-31(33(37)38)15-16-43(3,39)40)19-35-20-27(18-26(35)22-41-2)42-21-24-10-5-4-6-11-24;1-3-5-7-6-4-2;1-2-3;1-2/h7-9,12-14,17,24,26-27,31H,4-6,10-11,15-16,18-22H2,1-3H3,(H,34,36)(H,37,38);3-7H2,1-2H3;3H,2H2,1H3;1-2H3/t26?,27-,31?;;;/m0.../s1. The van der Waals surface area contributed by atoms with Crippen LogP contribution in [0.15, 0.2) is 42.5 Å². The number of carbonyl (C=O) groups excluding carboxylic acids is 1.